The highest BCUT2D eigenvalue weighted by Gasteiger charge is 2.41. The molecular weight excluding hydrogens is 292 g/mol. The topological polar surface area (TPSA) is 127 Å². The molecule has 2 atom stereocenters. The number of benzene rings is 1. The second-order valence-electron chi connectivity index (χ2n) is 4.74. The van der Waals surface area contributed by atoms with E-state index in [1.165, 1.54) is 18.2 Å². The zero-order valence-corrected chi connectivity index (χ0v) is 11.7. The summed E-state index contributed by atoms with van der Waals surface area (Å²) in [5.41, 5.74) is -0.226. The third-order valence-corrected chi connectivity index (χ3v) is 3.32. The lowest BCUT2D eigenvalue weighted by molar-refractivity contribution is -0.160. The first-order valence-corrected chi connectivity index (χ1v) is 6.55. The Morgan fingerprint density at radius 1 is 1.27 bits per heavy atom. The van der Waals surface area contributed by atoms with Crippen molar-refractivity contribution in [1.29, 1.82) is 0 Å². The monoisotopic (exact) mass is 308 g/mol. The van der Waals surface area contributed by atoms with E-state index in [4.69, 9.17) is 4.74 Å². The number of aromatic hydroxyl groups is 2. The number of allylic oxidation sites excluding steroid dienone is 1. The Bertz CT molecular complexity index is 662. The number of ether oxygens (including phenoxy) is 1. The second-order valence-corrected chi connectivity index (χ2v) is 4.74. The molecule has 5 N–H and O–H groups in total. The lowest BCUT2D eigenvalue weighted by Gasteiger charge is -2.29. The molecule has 1 aromatic rings. The number of para-hydroxylation sites is 1. The number of carbonyl (C=O) groups is 1. The lowest BCUT2D eigenvalue weighted by Crippen LogP contribution is -2.38. The van der Waals surface area contributed by atoms with E-state index < -0.39 is 40.5 Å². The van der Waals surface area contributed by atoms with E-state index >= 15 is 0 Å². The van der Waals surface area contributed by atoms with Crippen LogP contribution >= 0.6 is 0 Å². The minimum Gasteiger partial charge on any atom is -0.507 e. The van der Waals surface area contributed by atoms with Crippen LogP contribution in [0.15, 0.2) is 41.9 Å². The van der Waals surface area contributed by atoms with E-state index in [2.05, 4.69) is 0 Å². The molecule has 0 bridgehead atoms. The van der Waals surface area contributed by atoms with Crippen LogP contribution in [0.5, 0.6) is 11.5 Å². The fraction of sp³-hybridized carbons (Fsp3) is 0.267. The molecule has 0 heterocycles. The molecule has 118 valence electrons. The molecule has 0 radical (unpaired) electrons. The Morgan fingerprint density at radius 3 is 2.59 bits per heavy atom. The predicted molar refractivity (Wildman–Crippen MR) is 75.6 cm³/mol. The van der Waals surface area contributed by atoms with Crippen molar-refractivity contribution in [2.45, 2.75) is 12.7 Å². The van der Waals surface area contributed by atoms with Crippen LogP contribution in [-0.2, 0) is 4.74 Å². The van der Waals surface area contributed by atoms with Crippen LogP contribution in [0, 0.1) is 5.92 Å². The first kappa shape index (κ1) is 15.9. The molecule has 0 aromatic heterocycles. The highest BCUT2D eigenvalue weighted by molar-refractivity contribution is 6.03. The smallest absolute Gasteiger partial charge is 0.248 e. The fourth-order valence-corrected chi connectivity index (χ4v) is 2.17. The van der Waals surface area contributed by atoms with Crippen molar-refractivity contribution < 1.29 is 35.1 Å². The molecule has 2 rings (SSSR count). The molecule has 1 aliphatic rings. The van der Waals surface area contributed by atoms with Crippen molar-refractivity contribution in [3.8, 4) is 11.5 Å². The molecule has 0 saturated heterocycles. The average molecular weight is 308 g/mol. The Hall–Kier alpha value is -2.51. The van der Waals surface area contributed by atoms with Gasteiger partial charge in [0.15, 0.2) is 28.8 Å². The molecule has 7 nitrogen and oxygen atoms in total. The number of rotatable bonds is 4. The van der Waals surface area contributed by atoms with Gasteiger partial charge in [0.1, 0.15) is 5.92 Å². The quantitative estimate of drug-likeness (QED) is 0.247. The van der Waals surface area contributed by atoms with Crippen LogP contribution in [0.3, 0.4) is 0 Å². The molecule has 0 spiro atoms. The van der Waals surface area contributed by atoms with Crippen molar-refractivity contribution in [3.05, 3.63) is 47.4 Å². The first-order chi connectivity index (χ1) is 10.3. The standard InChI is InChI=1S/C15H16O7/c1-2-22-15(21)7-6-9(13(19)14(15)20)11(17)8-4-3-5-10(16)12(8)18/h3-7,9,16,18-21H,2H2,1H3. The van der Waals surface area contributed by atoms with Crippen LogP contribution in [0.4, 0.5) is 0 Å². The van der Waals surface area contributed by atoms with Crippen molar-refractivity contribution in [1.82, 2.24) is 0 Å². The fourth-order valence-electron chi connectivity index (χ4n) is 2.17. The Kier molecular flexibility index (Phi) is 4.11. The van der Waals surface area contributed by atoms with Crippen molar-refractivity contribution in [3.63, 3.8) is 0 Å². The number of phenolic OH excluding ortho intramolecular Hbond substituents is 2. The summed E-state index contributed by atoms with van der Waals surface area (Å²) >= 11 is 0. The third-order valence-electron chi connectivity index (χ3n) is 3.32. The van der Waals surface area contributed by atoms with Gasteiger partial charge < -0.3 is 30.3 Å². The Balaban J connectivity index is 2.39. The average Bonchev–Trinajstić information content (AvgIpc) is 2.48. The Morgan fingerprint density at radius 2 is 1.95 bits per heavy atom. The summed E-state index contributed by atoms with van der Waals surface area (Å²) in [5.74, 6) is -7.05. The van der Waals surface area contributed by atoms with Crippen LogP contribution in [0.25, 0.3) is 0 Å². The summed E-state index contributed by atoms with van der Waals surface area (Å²) in [5, 5.41) is 48.9. The maximum atomic E-state index is 12.3. The molecule has 7 heteroatoms. The van der Waals surface area contributed by atoms with Gasteiger partial charge in [0.25, 0.3) is 0 Å². The van der Waals surface area contributed by atoms with Gasteiger partial charge in [-0.25, -0.2) is 0 Å². The normalized spacial score (nSPS) is 24.5. The van der Waals surface area contributed by atoms with Crippen molar-refractivity contribution in [2.75, 3.05) is 6.61 Å². The molecule has 0 saturated carbocycles. The highest BCUT2D eigenvalue weighted by atomic mass is 16.6. The van der Waals surface area contributed by atoms with E-state index in [9.17, 15) is 30.3 Å². The van der Waals surface area contributed by atoms with Gasteiger partial charge in [-0.1, -0.05) is 12.1 Å². The second kappa shape index (κ2) is 5.70. The van der Waals surface area contributed by atoms with Gasteiger partial charge in [-0.2, -0.15) is 0 Å². The van der Waals surface area contributed by atoms with Gasteiger partial charge >= 0.3 is 0 Å². The molecule has 1 aromatic carbocycles. The molecular formula is C15H16O7. The van der Waals surface area contributed by atoms with E-state index in [1.54, 1.807) is 6.92 Å². The Labute approximate surface area is 126 Å². The summed E-state index contributed by atoms with van der Waals surface area (Å²) in [6, 6.07) is 3.81. The first-order valence-electron chi connectivity index (χ1n) is 6.55. The zero-order valence-electron chi connectivity index (χ0n) is 11.7. The molecule has 2 unspecified atom stereocenters. The molecule has 22 heavy (non-hydrogen) atoms. The number of carbonyl (C=O) groups excluding carboxylic acids is 1. The highest BCUT2D eigenvalue weighted by Crippen LogP contribution is 2.35. The molecule has 0 aliphatic heterocycles. The van der Waals surface area contributed by atoms with Gasteiger partial charge in [-0.3, -0.25) is 4.79 Å². The van der Waals surface area contributed by atoms with Gasteiger partial charge in [0.2, 0.25) is 5.79 Å². The zero-order chi connectivity index (χ0) is 16.5. The summed E-state index contributed by atoms with van der Waals surface area (Å²) < 4.78 is 4.93. The van der Waals surface area contributed by atoms with Crippen LogP contribution in [-0.4, -0.2) is 43.7 Å². The number of hydrogen-bond donors (Lipinski definition) is 5. The number of aliphatic hydroxyl groups excluding tert-OH is 2. The minimum absolute atomic E-state index is 0.0597. The van der Waals surface area contributed by atoms with Crippen LogP contribution in [0.2, 0.25) is 0 Å². The summed E-state index contributed by atoms with van der Waals surface area (Å²) in [7, 11) is 0. The maximum absolute atomic E-state index is 12.3. The summed E-state index contributed by atoms with van der Waals surface area (Å²) in [4.78, 5) is 12.3. The van der Waals surface area contributed by atoms with Crippen molar-refractivity contribution >= 4 is 5.78 Å². The van der Waals surface area contributed by atoms with E-state index in [0.29, 0.717) is 0 Å². The van der Waals surface area contributed by atoms with Gasteiger partial charge in [0.05, 0.1) is 5.56 Å². The van der Waals surface area contributed by atoms with Crippen molar-refractivity contribution in [2.24, 2.45) is 5.92 Å². The summed E-state index contributed by atoms with van der Waals surface area (Å²) in [6.07, 6.45) is 2.19. The number of Topliss-reactive ketones (excluding diaryl/α,β-unsaturated/α-hetero) is 1. The van der Waals surface area contributed by atoms with Crippen LogP contribution in [0.1, 0.15) is 17.3 Å². The molecule has 1 aliphatic carbocycles. The number of aliphatic hydroxyl groups is 3. The van der Waals surface area contributed by atoms with E-state index in [0.717, 1.165) is 12.2 Å². The van der Waals surface area contributed by atoms with Gasteiger partial charge in [0, 0.05) is 6.61 Å². The lowest BCUT2D eigenvalue weighted by atomic mass is 9.88. The SMILES string of the molecule is CCOC1(O)C=CC(C(=O)c2cccc(O)c2O)C(O)=C1O. The third kappa shape index (κ3) is 2.51. The number of ketones is 1. The maximum Gasteiger partial charge on any atom is 0.248 e. The minimum atomic E-state index is -2.20. The van der Waals surface area contributed by atoms with Crippen LogP contribution < -0.4 is 0 Å². The number of phenols is 2. The van der Waals surface area contributed by atoms with E-state index in [1.807, 2.05) is 0 Å². The van der Waals surface area contributed by atoms with E-state index in [-0.39, 0.29) is 12.2 Å². The molecule has 0 fully saturated rings. The number of hydrogen-bond acceptors (Lipinski definition) is 7. The summed E-state index contributed by atoms with van der Waals surface area (Å²) in [6.45, 7) is 1.64. The predicted octanol–water partition coefficient (Wildman–Crippen LogP) is 1.52. The molecule has 0 amide bonds. The largest absolute Gasteiger partial charge is 0.507 e. The van der Waals surface area contributed by atoms with Gasteiger partial charge in [-0.05, 0) is 25.1 Å². The van der Waals surface area contributed by atoms with Gasteiger partial charge in [-0.15, -0.1) is 0 Å².